The lowest BCUT2D eigenvalue weighted by atomic mass is 9.88. The average molecular weight is 386 g/mol. The molecular formula is C19H30O8. The number of carbonyl (C=O) groups is 2. The van der Waals surface area contributed by atoms with E-state index in [0.29, 0.717) is 25.5 Å². The van der Waals surface area contributed by atoms with Gasteiger partial charge in [-0.15, -0.1) is 0 Å². The normalized spacial score (nSPS) is 41.5. The van der Waals surface area contributed by atoms with E-state index in [0.717, 1.165) is 0 Å². The van der Waals surface area contributed by atoms with Gasteiger partial charge in [-0.05, 0) is 33.6 Å². The monoisotopic (exact) mass is 386 g/mol. The summed E-state index contributed by atoms with van der Waals surface area (Å²) < 4.78 is 22.9. The third-order valence-electron chi connectivity index (χ3n) is 5.48. The Balaban J connectivity index is 1.54. The van der Waals surface area contributed by atoms with Crippen molar-refractivity contribution in [3.63, 3.8) is 0 Å². The number of aliphatic hydroxyl groups excluding tert-OH is 2. The highest BCUT2D eigenvalue weighted by atomic mass is 16.6. The number of esters is 1. The topological polar surface area (TPSA) is 112 Å². The van der Waals surface area contributed by atoms with E-state index in [1.54, 1.807) is 20.8 Å². The fourth-order valence-corrected chi connectivity index (χ4v) is 3.93. The Kier molecular flexibility index (Phi) is 6.22. The van der Waals surface area contributed by atoms with Crippen LogP contribution in [0.1, 0.15) is 46.5 Å². The van der Waals surface area contributed by atoms with Crippen LogP contribution in [-0.4, -0.2) is 77.9 Å². The summed E-state index contributed by atoms with van der Waals surface area (Å²) in [6, 6.07) is 0. The van der Waals surface area contributed by atoms with E-state index in [4.69, 9.17) is 18.9 Å². The first kappa shape index (κ1) is 20.7. The van der Waals surface area contributed by atoms with Gasteiger partial charge in [0.05, 0.1) is 30.3 Å². The first-order valence-corrected chi connectivity index (χ1v) is 9.65. The molecule has 3 saturated heterocycles. The van der Waals surface area contributed by atoms with Crippen molar-refractivity contribution in [2.75, 3.05) is 6.61 Å². The molecule has 0 unspecified atom stereocenters. The maximum Gasteiger partial charge on any atom is 0.311 e. The lowest BCUT2D eigenvalue weighted by Gasteiger charge is -2.46. The fourth-order valence-electron chi connectivity index (χ4n) is 3.93. The summed E-state index contributed by atoms with van der Waals surface area (Å²) in [5.41, 5.74) is -0.542. The van der Waals surface area contributed by atoms with E-state index in [-0.39, 0.29) is 31.2 Å². The predicted molar refractivity (Wildman–Crippen MR) is 92.9 cm³/mol. The van der Waals surface area contributed by atoms with Gasteiger partial charge >= 0.3 is 5.97 Å². The Labute approximate surface area is 159 Å². The molecule has 0 radical (unpaired) electrons. The molecule has 3 heterocycles. The summed E-state index contributed by atoms with van der Waals surface area (Å²) in [7, 11) is 0. The highest BCUT2D eigenvalue weighted by molar-refractivity contribution is 5.75. The van der Waals surface area contributed by atoms with Crippen molar-refractivity contribution < 1.29 is 38.7 Å². The predicted octanol–water partition coefficient (Wildman–Crippen LogP) is 0.359. The summed E-state index contributed by atoms with van der Waals surface area (Å²) in [5.74, 6) is -0.255. The maximum absolute atomic E-state index is 11.8. The van der Waals surface area contributed by atoms with Crippen LogP contribution in [-0.2, 0) is 28.5 Å². The molecule has 8 heteroatoms. The zero-order valence-corrected chi connectivity index (χ0v) is 16.1. The molecule has 154 valence electrons. The van der Waals surface area contributed by atoms with Gasteiger partial charge in [0.2, 0.25) is 0 Å². The largest absolute Gasteiger partial charge is 0.465 e. The van der Waals surface area contributed by atoms with Crippen LogP contribution in [0.3, 0.4) is 0 Å². The quantitative estimate of drug-likeness (QED) is 0.515. The number of rotatable bonds is 5. The second kappa shape index (κ2) is 8.13. The van der Waals surface area contributed by atoms with Gasteiger partial charge in [0.25, 0.3) is 0 Å². The molecular weight excluding hydrogens is 356 g/mol. The summed E-state index contributed by atoms with van der Waals surface area (Å²) in [6.07, 6.45) is -2.28. The molecule has 8 nitrogen and oxygen atoms in total. The van der Waals surface area contributed by atoms with E-state index < -0.39 is 42.0 Å². The third kappa shape index (κ3) is 4.35. The number of carbonyl (C=O) groups excluding carboxylic acids is 2. The molecule has 3 fully saturated rings. The molecule has 0 saturated carbocycles. The molecule has 0 aliphatic carbocycles. The van der Waals surface area contributed by atoms with Crippen molar-refractivity contribution in [1.29, 1.82) is 0 Å². The summed E-state index contributed by atoms with van der Waals surface area (Å²) in [5, 5.41) is 21.0. The SMILES string of the molecule is CC(C)(C)C(=O)OCC[C@H]1CC[C@@H]2O[C@H]3[C@@H](O)[C@@H](CC=O)O[C@H]3[C@@H](O)[C@H]2O1. The molecule has 0 aromatic heterocycles. The van der Waals surface area contributed by atoms with Gasteiger partial charge in [0.1, 0.15) is 36.8 Å². The lowest BCUT2D eigenvalue weighted by molar-refractivity contribution is -0.260. The van der Waals surface area contributed by atoms with Gasteiger partial charge < -0.3 is 34.0 Å². The number of hydrogen-bond acceptors (Lipinski definition) is 8. The standard InChI is InChI=1S/C19H30O8/c1-19(2,3)18(23)24-9-7-10-4-5-12-15(25-10)14(22)17-16(27-12)13(21)11(26-17)6-8-20/h8,10-17,21-22H,4-7,9H2,1-3H3/t10-,11-,12+,13+,14+,15+,16+,17+/m1/s1. The van der Waals surface area contributed by atoms with Crippen LogP contribution in [0.5, 0.6) is 0 Å². The lowest BCUT2D eigenvalue weighted by Crippen LogP contribution is -2.61. The number of hydrogen-bond donors (Lipinski definition) is 2. The van der Waals surface area contributed by atoms with Crippen LogP contribution < -0.4 is 0 Å². The number of fused-ring (bicyclic) bond motifs is 2. The summed E-state index contributed by atoms with van der Waals surface area (Å²) >= 11 is 0. The van der Waals surface area contributed by atoms with Gasteiger partial charge in [0, 0.05) is 12.8 Å². The zero-order valence-electron chi connectivity index (χ0n) is 16.1. The summed E-state index contributed by atoms with van der Waals surface area (Å²) in [4.78, 5) is 22.6. The van der Waals surface area contributed by atoms with Gasteiger partial charge in [-0.3, -0.25) is 4.79 Å². The van der Waals surface area contributed by atoms with E-state index in [1.807, 2.05) is 0 Å². The van der Waals surface area contributed by atoms with E-state index in [9.17, 15) is 19.8 Å². The third-order valence-corrected chi connectivity index (χ3v) is 5.48. The first-order chi connectivity index (χ1) is 12.7. The van der Waals surface area contributed by atoms with Gasteiger partial charge in [-0.1, -0.05) is 0 Å². The second-order valence-corrected chi connectivity index (χ2v) is 8.64. The Morgan fingerprint density at radius 1 is 1.07 bits per heavy atom. The number of aliphatic hydroxyl groups is 2. The van der Waals surface area contributed by atoms with Crippen molar-refractivity contribution in [3.8, 4) is 0 Å². The Morgan fingerprint density at radius 3 is 2.44 bits per heavy atom. The molecule has 0 aromatic rings. The zero-order chi connectivity index (χ0) is 19.8. The van der Waals surface area contributed by atoms with Crippen molar-refractivity contribution in [2.24, 2.45) is 5.41 Å². The summed E-state index contributed by atoms with van der Waals surface area (Å²) in [6.45, 7) is 5.67. The average Bonchev–Trinajstić information content (AvgIpc) is 2.92. The first-order valence-electron chi connectivity index (χ1n) is 9.65. The number of ether oxygens (including phenoxy) is 4. The smallest absolute Gasteiger partial charge is 0.311 e. The minimum Gasteiger partial charge on any atom is -0.465 e. The molecule has 3 aliphatic heterocycles. The van der Waals surface area contributed by atoms with Crippen molar-refractivity contribution in [1.82, 2.24) is 0 Å². The minimum absolute atomic E-state index is 0.0577. The molecule has 27 heavy (non-hydrogen) atoms. The van der Waals surface area contributed by atoms with Gasteiger partial charge in [0.15, 0.2) is 0 Å². The minimum atomic E-state index is -0.944. The van der Waals surface area contributed by atoms with Crippen LogP contribution in [0.25, 0.3) is 0 Å². The Bertz CT molecular complexity index is 544. The van der Waals surface area contributed by atoms with Crippen LogP contribution in [0.2, 0.25) is 0 Å². The van der Waals surface area contributed by atoms with Crippen LogP contribution >= 0.6 is 0 Å². The van der Waals surface area contributed by atoms with E-state index >= 15 is 0 Å². The van der Waals surface area contributed by atoms with Gasteiger partial charge in [-0.2, -0.15) is 0 Å². The van der Waals surface area contributed by atoms with Gasteiger partial charge in [-0.25, -0.2) is 0 Å². The van der Waals surface area contributed by atoms with Crippen LogP contribution in [0.15, 0.2) is 0 Å². The highest BCUT2D eigenvalue weighted by Gasteiger charge is 2.56. The number of aldehydes is 1. The molecule has 3 aliphatic rings. The maximum atomic E-state index is 11.8. The van der Waals surface area contributed by atoms with Crippen LogP contribution in [0, 0.1) is 5.41 Å². The van der Waals surface area contributed by atoms with Crippen molar-refractivity contribution >= 4 is 12.3 Å². The molecule has 0 amide bonds. The molecule has 2 N–H and O–H groups in total. The highest BCUT2D eigenvalue weighted by Crippen LogP contribution is 2.39. The van der Waals surface area contributed by atoms with Crippen molar-refractivity contribution in [3.05, 3.63) is 0 Å². The fraction of sp³-hybridized carbons (Fsp3) is 0.895. The van der Waals surface area contributed by atoms with Crippen LogP contribution in [0.4, 0.5) is 0 Å². The Hall–Kier alpha value is -1.06. The molecule has 0 spiro atoms. The van der Waals surface area contributed by atoms with E-state index in [1.165, 1.54) is 0 Å². The molecule has 0 bridgehead atoms. The molecule has 0 aromatic carbocycles. The van der Waals surface area contributed by atoms with E-state index in [2.05, 4.69) is 0 Å². The second-order valence-electron chi connectivity index (χ2n) is 8.64. The molecule has 8 atom stereocenters. The molecule has 3 rings (SSSR count). The Morgan fingerprint density at radius 2 is 1.78 bits per heavy atom. The van der Waals surface area contributed by atoms with Crippen molar-refractivity contribution in [2.45, 2.75) is 95.3 Å².